The fourth-order valence-corrected chi connectivity index (χ4v) is 3.28. The van der Waals surface area contributed by atoms with Crippen molar-refractivity contribution >= 4 is 34.5 Å². The molecule has 1 aliphatic rings. The monoisotopic (exact) mass is 396 g/mol. The van der Waals surface area contributed by atoms with Gasteiger partial charge >= 0.3 is 0 Å². The smallest absolute Gasteiger partial charge is 0.269 e. The van der Waals surface area contributed by atoms with E-state index in [1.54, 1.807) is 17.8 Å². The molecule has 0 fully saturated rings. The molecule has 2 aromatic heterocycles. The Labute approximate surface area is 168 Å². The average Bonchev–Trinajstić information content (AvgIpc) is 3.09. The number of hydrogen-bond acceptors (Lipinski definition) is 5. The molecule has 2 N–H and O–H groups in total. The molecule has 0 bridgehead atoms. The van der Waals surface area contributed by atoms with E-state index in [0.29, 0.717) is 16.7 Å². The predicted octanol–water partition coefficient (Wildman–Crippen LogP) is 1.67. The molecule has 3 amide bonds. The van der Waals surface area contributed by atoms with Crippen molar-refractivity contribution < 1.29 is 14.4 Å². The topological polar surface area (TPSA) is 118 Å². The lowest BCUT2D eigenvalue weighted by Gasteiger charge is -2.19. The van der Waals surface area contributed by atoms with Gasteiger partial charge in [0.05, 0.1) is 23.1 Å². The van der Waals surface area contributed by atoms with Crippen molar-refractivity contribution in [2.24, 2.45) is 10.9 Å². The molecular formula is C20H24N6O3. The van der Waals surface area contributed by atoms with Crippen LogP contribution in [0.1, 0.15) is 54.6 Å². The number of hydrogen-bond donors (Lipinski definition) is 2. The third kappa shape index (κ3) is 3.94. The first-order valence-corrected chi connectivity index (χ1v) is 9.38. The van der Waals surface area contributed by atoms with Crippen LogP contribution >= 0.6 is 0 Å². The highest BCUT2D eigenvalue weighted by Crippen LogP contribution is 2.22. The van der Waals surface area contributed by atoms with Crippen LogP contribution < -0.4 is 10.6 Å². The van der Waals surface area contributed by atoms with Crippen molar-refractivity contribution in [1.29, 1.82) is 0 Å². The van der Waals surface area contributed by atoms with E-state index >= 15 is 0 Å². The Kier molecular flexibility index (Phi) is 5.58. The Hall–Kier alpha value is -3.36. The lowest BCUT2D eigenvalue weighted by molar-refractivity contribution is -0.120. The fourth-order valence-electron chi connectivity index (χ4n) is 3.28. The molecule has 1 aliphatic heterocycles. The van der Waals surface area contributed by atoms with Crippen LogP contribution in [-0.4, -0.2) is 51.8 Å². The van der Waals surface area contributed by atoms with Crippen LogP contribution in [0.5, 0.6) is 0 Å². The van der Waals surface area contributed by atoms with Gasteiger partial charge in [-0.15, -0.1) is 0 Å². The highest BCUT2D eigenvalue weighted by molar-refractivity contribution is 6.09. The van der Waals surface area contributed by atoms with Gasteiger partial charge in [-0.05, 0) is 39.8 Å². The first kappa shape index (κ1) is 20.4. The largest absolute Gasteiger partial charge is 0.354 e. The lowest BCUT2D eigenvalue weighted by atomic mass is 9.95. The van der Waals surface area contributed by atoms with Crippen LogP contribution in [0.3, 0.4) is 0 Å². The van der Waals surface area contributed by atoms with Gasteiger partial charge in [-0.3, -0.25) is 14.4 Å². The lowest BCUT2D eigenvalue weighted by Crippen LogP contribution is -2.35. The quantitative estimate of drug-likeness (QED) is 0.797. The Morgan fingerprint density at radius 3 is 2.59 bits per heavy atom. The predicted molar refractivity (Wildman–Crippen MR) is 109 cm³/mol. The van der Waals surface area contributed by atoms with Gasteiger partial charge in [-0.1, -0.05) is 5.57 Å². The number of allylic oxidation sites excluding steroid dienone is 1. The number of amides is 3. The summed E-state index contributed by atoms with van der Waals surface area (Å²) in [6, 6.07) is 1.45. The fraction of sp³-hybridized carbons (Fsp3) is 0.400. The van der Waals surface area contributed by atoms with Crippen molar-refractivity contribution in [3.05, 3.63) is 35.2 Å². The minimum absolute atomic E-state index is 0.00426. The highest BCUT2D eigenvalue weighted by Gasteiger charge is 2.25. The number of rotatable bonds is 5. The maximum Gasteiger partial charge on any atom is 0.269 e. The molecule has 0 aromatic carbocycles. The van der Waals surface area contributed by atoms with Gasteiger partial charge in [0.15, 0.2) is 5.65 Å². The Balaban J connectivity index is 1.94. The van der Waals surface area contributed by atoms with E-state index in [1.807, 2.05) is 26.8 Å². The van der Waals surface area contributed by atoms with Crippen LogP contribution in [0.25, 0.3) is 11.0 Å². The molecule has 1 unspecified atom stereocenters. The van der Waals surface area contributed by atoms with Crippen LogP contribution in [0.2, 0.25) is 0 Å². The summed E-state index contributed by atoms with van der Waals surface area (Å²) in [5.74, 6) is -1.58. The highest BCUT2D eigenvalue weighted by atomic mass is 16.2. The molecule has 152 valence electrons. The number of aliphatic imine (C=N–C) groups is 1. The van der Waals surface area contributed by atoms with E-state index in [0.717, 1.165) is 5.57 Å². The molecule has 2 aromatic rings. The van der Waals surface area contributed by atoms with Gasteiger partial charge in [0.2, 0.25) is 0 Å². The molecule has 29 heavy (non-hydrogen) atoms. The van der Waals surface area contributed by atoms with Gasteiger partial charge in [0.1, 0.15) is 5.69 Å². The van der Waals surface area contributed by atoms with E-state index in [9.17, 15) is 14.4 Å². The zero-order chi connectivity index (χ0) is 21.3. The normalized spacial score (nSPS) is 16.6. The summed E-state index contributed by atoms with van der Waals surface area (Å²) in [6.07, 6.45) is 3.40. The Morgan fingerprint density at radius 2 is 1.97 bits per heavy atom. The van der Waals surface area contributed by atoms with Crippen LogP contribution in [0.15, 0.2) is 28.9 Å². The zero-order valence-corrected chi connectivity index (χ0v) is 17.1. The summed E-state index contributed by atoms with van der Waals surface area (Å²) in [6.45, 7) is 7.60. The second-order valence-corrected chi connectivity index (χ2v) is 7.30. The molecule has 0 saturated carbocycles. The number of carbonyl (C=O) groups excluding carboxylic acids is 3. The summed E-state index contributed by atoms with van der Waals surface area (Å²) in [7, 11) is 1.50. The second-order valence-electron chi connectivity index (χ2n) is 7.30. The number of nitrogens with zero attached hydrogens (tertiary/aromatic N) is 4. The summed E-state index contributed by atoms with van der Waals surface area (Å²) >= 11 is 0. The van der Waals surface area contributed by atoms with E-state index in [-0.39, 0.29) is 29.8 Å². The van der Waals surface area contributed by atoms with E-state index in [4.69, 9.17) is 0 Å². The second kappa shape index (κ2) is 7.94. The van der Waals surface area contributed by atoms with Crippen molar-refractivity contribution in [1.82, 2.24) is 25.4 Å². The Morgan fingerprint density at radius 1 is 1.24 bits per heavy atom. The summed E-state index contributed by atoms with van der Waals surface area (Å²) in [5.41, 5.74) is 2.36. The van der Waals surface area contributed by atoms with Gasteiger partial charge in [0.25, 0.3) is 17.7 Å². The van der Waals surface area contributed by atoms with Crippen molar-refractivity contribution in [2.45, 2.75) is 33.7 Å². The zero-order valence-electron chi connectivity index (χ0n) is 17.1. The van der Waals surface area contributed by atoms with Gasteiger partial charge in [-0.25, -0.2) is 14.7 Å². The van der Waals surface area contributed by atoms with Crippen molar-refractivity contribution in [3.8, 4) is 0 Å². The first-order chi connectivity index (χ1) is 13.7. The van der Waals surface area contributed by atoms with E-state index < -0.39 is 17.7 Å². The maximum absolute atomic E-state index is 12.9. The molecule has 9 heteroatoms. The first-order valence-electron chi connectivity index (χ1n) is 9.38. The van der Waals surface area contributed by atoms with Gasteiger partial charge in [0, 0.05) is 25.3 Å². The van der Waals surface area contributed by atoms with Crippen molar-refractivity contribution in [3.63, 3.8) is 0 Å². The minimum Gasteiger partial charge on any atom is -0.354 e. The molecule has 1 atom stereocenters. The molecule has 9 nitrogen and oxygen atoms in total. The molecule has 0 spiro atoms. The third-order valence-electron chi connectivity index (χ3n) is 4.80. The van der Waals surface area contributed by atoms with E-state index in [1.165, 1.54) is 13.1 Å². The number of dihydropyridines is 1. The molecule has 3 rings (SSSR count). The minimum atomic E-state index is -0.503. The molecule has 3 heterocycles. The van der Waals surface area contributed by atoms with E-state index in [2.05, 4.69) is 25.7 Å². The SMILES string of the molecule is CNC(=O)c1cc(C(=O)NCC2C(=O)N=C(C)C=C2C)c2cnn(C(C)C)c2n1. The number of fused-ring (bicyclic) bond motifs is 1. The van der Waals surface area contributed by atoms with Gasteiger partial charge in [-0.2, -0.15) is 5.10 Å². The van der Waals surface area contributed by atoms with Gasteiger partial charge < -0.3 is 10.6 Å². The van der Waals surface area contributed by atoms with Crippen molar-refractivity contribution in [2.75, 3.05) is 13.6 Å². The summed E-state index contributed by atoms with van der Waals surface area (Å²) in [4.78, 5) is 45.6. The molecule has 0 radical (unpaired) electrons. The average molecular weight is 396 g/mol. The van der Waals surface area contributed by atoms with Crippen LogP contribution in [0, 0.1) is 5.92 Å². The van der Waals surface area contributed by atoms with Crippen LogP contribution in [-0.2, 0) is 4.79 Å². The number of pyridine rings is 1. The third-order valence-corrected chi connectivity index (χ3v) is 4.80. The molecule has 0 aliphatic carbocycles. The molecular weight excluding hydrogens is 372 g/mol. The summed E-state index contributed by atoms with van der Waals surface area (Å²) < 4.78 is 1.66. The summed E-state index contributed by atoms with van der Waals surface area (Å²) in [5, 5.41) is 10.2. The van der Waals surface area contributed by atoms with Crippen LogP contribution in [0.4, 0.5) is 0 Å². The standard InChI is InChI=1S/C20H24N6O3/c1-10(2)26-17-15(9-23-26)13(7-16(25-17)20(29)21-5)18(27)22-8-14-11(3)6-12(4)24-19(14)28/h6-7,9-10,14H,8H2,1-5H3,(H,21,29)(H,22,27). The molecule has 0 saturated heterocycles. The number of carbonyl (C=O) groups is 3. The maximum atomic E-state index is 12.9. The number of nitrogens with one attached hydrogen (secondary N) is 2. The number of aromatic nitrogens is 3. The Bertz CT molecular complexity index is 1060.